The Bertz CT molecular complexity index is 454. The maximum Gasteiger partial charge on any atom is 0.291 e. The number of hydrogen-bond donors (Lipinski definition) is 3. The lowest BCUT2D eigenvalue weighted by Crippen LogP contribution is -2.50. The van der Waals surface area contributed by atoms with Gasteiger partial charge in [-0.15, -0.1) is 0 Å². The van der Waals surface area contributed by atoms with Gasteiger partial charge in [-0.3, -0.25) is 15.6 Å². The fourth-order valence-electron chi connectivity index (χ4n) is 2.12. The third kappa shape index (κ3) is 4.20. The summed E-state index contributed by atoms with van der Waals surface area (Å²) in [6.07, 6.45) is 5.99. The van der Waals surface area contributed by atoms with Crippen LogP contribution in [0.15, 0.2) is 10.6 Å². The molecule has 1 aromatic heterocycles. The second kappa shape index (κ2) is 6.51. The van der Waals surface area contributed by atoms with Crippen molar-refractivity contribution in [3.63, 3.8) is 0 Å². The number of rotatable bonds is 2. The number of hydrogen-bond acceptors (Lipinski definition) is 4. The van der Waals surface area contributed by atoms with Crippen LogP contribution in [0.3, 0.4) is 0 Å². The first-order chi connectivity index (χ1) is 9.15. The Kier molecular flexibility index (Phi) is 4.73. The zero-order chi connectivity index (χ0) is 13.7. The molecule has 1 aromatic rings. The molecular formula is C12H18N4O2S. The highest BCUT2D eigenvalue weighted by Gasteiger charge is 2.15. The monoisotopic (exact) mass is 282 g/mol. The minimum absolute atomic E-state index is 0.227. The molecule has 0 spiro atoms. The molecule has 1 fully saturated rings. The minimum Gasteiger partial charge on any atom is -0.361 e. The summed E-state index contributed by atoms with van der Waals surface area (Å²) >= 11 is 5.13. The average molecular weight is 282 g/mol. The number of aromatic nitrogens is 1. The normalized spacial score (nSPS) is 15.8. The van der Waals surface area contributed by atoms with Gasteiger partial charge in [0.25, 0.3) is 5.91 Å². The fraction of sp³-hybridized carbons (Fsp3) is 0.583. The van der Waals surface area contributed by atoms with Crippen LogP contribution in [0.4, 0.5) is 0 Å². The van der Waals surface area contributed by atoms with Crippen LogP contribution in [-0.4, -0.2) is 22.2 Å². The second-order valence-corrected chi connectivity index (χ2v) is 5.12. The predicted molar refractivity (Wildman–Crippen MR) is 74.4 cm³/mol. The number of aryl methyl sites for hydroxylation is 1. The lowest BCUT2D eigenvalue weighted by Gasteiger charge is -2.24. The molecule has 1 heterocycles. The Morgan fingerprint density at radius 2 is 2.11 bits per heavy atom. The van der Waals surface area contributed by atoms with Gasteiger partial charge in [0.15, 0.2) is 10.8 Å². The second-order valence-electron chi connectivity index (χ2n) is 4.71. The number of nitrogens with zero attached hydrogens (tertiary/aromatic N) is 1. The first-order valence-corrected chi connectivity index (χ1v) is 6.86. The number of hydrazine groups is 1. The highest BCUT2D eigenvalue weighted by molar-refractivity contribution is 7.80. The summed E-state index contributed by atoms with van der Waals surface area (Å²) in [5, 5.41) is 7.24. The number of carbonyl (C=O) groups excluding carboxylic acids is 1. The zero-order valence-electron chi connectivity index (χ0n) is 10.9. The van der Waals surface area contributed by atoms with E-state index < -0.39 is 0 Å². The molecule has 2 rings (SSSR count). The first-order valence-electron chi connectivity index (χ1n) is 6.45. The number of nitrogens with one attached hydrogen (secondary N) is 3. The third-order valence-electron chi connectivity index (χ3n) is 3.09. The fourth-order valence-corrected chi connectivity index (χ4v) is 2.34. The average Bonchev–Trinajstić information content (AvgIpc) is 2.84. The molecule has 3 N–H and O–H groups in total. The van der Waals surface area contributed by atoms with Crippen LogP contribution >= 0.6 is 12.2 Å². The van der Waals surface area contributed by atoms with Crippen molar-refractivity contribution < 1.29 is 9.32 Å². The van der Waals surface area contributed by atoms with E-state index in [1.54, 1.807) is 13.0 Å². The van der Waals surface area contributed by atoms with E-state index in [1.165, 1.54) is 19.3 Å². The Hall–Kier alpha value is -1.63. The Morgan fingerprint density at radius 1 is 1.37 bits per heavy atom. The molecule has 6 nitrogen and oxygen atoms in total. The number of thiocarbonyl (C=S) groups is 1. The van der Waals surface area contributed by atoms with Gasteiger partial charge in [-0.1, -0.05) is 24.4 Å². The smallest absolute Gasteiger partial charge is 0.291 e. The van der Waals surface area contributed by atoms with Gasteiger partial charge in [-0.2, -0.15) is 0 Å². The molecule has 0 bridgehead atoms. The first kappa shape index (κ1) is 13.8. The molecule has 0 aliphatic heterocycles. The van der Waals surface area contributed by atoms with Crippen molar-refractivity contribution in [2.24, 2.45) is 0 Å². The lowest BCUT2D eigenvalue weighted by atomic mass is 9.96. The quantitative estimate of drug-likeness (QED) is 0.562. The van der Waals surface area contributed by atoms with Crippen molar-refractivity contribution in [3.8, 4) is 0 Å². The van der Waals surface area contributed by atoms with E-state index >= 15 is 0 Å². The van der Waals surface area contributed by atoms with Gasteiger partial charge in [0.1, 0.15) is 5.76 Å². The molecule has 104 valence electrons. The van der Waals surface area contributed by atoms with Crippen LogP contribution in [0.2, 0.25) is 0 Å². The lowest BCUT2D eigenvalue weighted by molar-refractivity contribution is 0.0934. The predicted octanol–water partition coefficient (Wildman–Crippen LogP) is 1.42. The maximum atomic E-state index is 11.7. The van der Waals surface area contributed by atoms with Gasteiger partial charge in [-0.25, -0.2) is 0 Å². The van der Waals surface area contributed by atoms with E-state index in [0.29, 0.717) is 16.9 Å². The summed E-state index contributed by atoms with van der Waals surface area (Å²) in [5.74, 6) is 0.220. The van der Waals surface area contributed by atoms with Gasteiger partial charge in [-0.05, 0) is 32.0 Å². The molecular weight excluding hydrogens is 264 g/mol. The maximum absolute atomic E-state index is 11.7. The van der Waals surface area contributed by atoms with Crippen molar-refractivity contribution in [3.05, 3.63) is 17.5 Å². The largest absolute Gasteiger partial charge is 0.361 e. The summed E-state index contributed by atoms with van der Waals surface area (Å²) in [6, 6.07) is 1.97. The molecule has 0 saturated heterocycles. The van der Waals surface area contributed by atoms with E-state index in [1.807, 2.05) is 0 Å². The zero-order valence-corrected chi connectivity index (χ0v) is 11.7. The van der Waals surface area contributed by atoms with E-state index in [2.05, 4.69) is 21.3 Å². The molecule has 0 atom stereocenters. The Balaban J connectivity index is 1.72. The van der Waals surface area contributed by atoms with Crippen LogP contribution in [0.25, 0.3) is 0 Å². The highest BCUT2D eigenvalue weighted by Crippen LogP contribution is 2.17. The molecule has 1 amide bonds. The third-order valence-corrected chi connectivity index (χ3v) is 3.31. The number of amides is 1. The van der Waals surface area contributed by atoms with E-state index in [0.717, 1.165) is 12.8 Å². The van der Waals surface area contributed by atoms with Crippen LogP contribution in [0.5, 0.6) is 0 Å². The SMILES string of the molecule is Cc1cc(C(=O)NNC(=S)NC2CCCCC2)no1. The summed E-state index contributed by atoms with van der Waals surface area (Å²) in [4.78, 5) is 11.7. The molecule has 1 aliphatic rings. The van der Waals surface area contributed by atoms with Crippen LogP contribution in [-0.2, 0) is 0 Å². The van der Waals surface area contributed by atoms with Crippen molar-refractivity contribution >= 4 is 23.2 Å². The summed E-state index contributed by atoms with van der Waals surface area (Å²) in [7, 11) is 0. The Labute approximate surface area is 117 Å². The van der Waals surface area contributed by atoms with Gasteiger partial charge in [0.2, 0.25) is 0 Å². The molecule has 7 heteroatoms. The summed E-state index contributed by atoms with van der Waals surface area (Å²) < 4.78 is 4.83. The van der Waals surface area contributed by atoms with Crippen molar-refractivity contribution in [2.45, 2.75) is 45.1 Å². The molecule has 0 unspecified atom stereocenters. The van der Waals surface area contributed by atoms with Gasteiger partial charge < -0.3 is 9.84 Å². The van der Waals surface area contributed by atoms with E-state index in [-0.39, 0.29) is 11.6 Å². The molecule has 0 radical (unpaired) electrons. The van der Waals surface area contributed by atoms with Crippen molar-refractivity contribution in [2.75, 3.05) is 0 Å². The highest BCUT2D eigenvalue weighted by atomic mass is 32.1. The Morgan fingerprint density at radius 3 is 2.74 bits per heavy atom. The van der Waals surface area contributed by atoms with Gasteiger partial charge in [0, 0.05) is 12.1 Å². The van der Waals surface area contributed by atoms with Crippen molar-refractivity contribution in [1.82, 2.24) is 21.3 Å². The molecule has 0 aromatic carbocycles. The summed E-state index contributed by atoms with van der Waals surface area (Å²) in [6.45, 7) is 1.73. The van der Waals surface area contributed by atoms with E-state index in [9.17, 15) is 4.79 Å². The molecule has 1 saturated carbocycles. The standard InChI is InChI=1S/C12H18N4O2S/c1-8-7-10(16-18-8)11(17)14-15-12(19)13-9-5-3-2-4-6-9/h7,9H,2-6H2,1H3,(H,14,17)(H2,13,15,19). The van der Waals surface area contributed by atoms with Crippen LogP contribution in [0, 0.1) is 6.92 Å². The minimum atomic E-state index is -0.371. The van der Waals surface area contributed by atoms with Crippen LogP contribution < -0.4 is 16.2 Å². The molecule has 1 aliphatic carbocycles. The number of carbonyl (C=O) groups is 1. The van der Waals surface area contributed by atoms with Gasteiger partial charge >= 0.3 is 0 Å². The van der Waals surface area contributed by atoms with Crippen LogP contribution in [0.1, 0.15) is 48.4 Å². The van der Waals surface area contributed by atoms with Gasteiger partial charge in [0.05, 0.1) is 0 Å². The molecule has 19 heavy (non-hydrogen) atoms. The van der Waals surface area contributed by atoms with E-state index in [4.69, 9.17) is 16.7 Å². The van der Waals surface area contributed by atoms with Crippen molar-refractivity contribution in [1.29, 1.82) is 0 Å². The summed E-state index contributed by atoms with van der Waals surface area (Å²) in [5.41, 5.74) is 5.39. The topological polar surface area (TPSA) is 79.2 Å².